The molecule has 1 aromatic rings. The third-order valence-corrected chi connectivity index (χ3v) is 5.49. The van der Waals surface area contributed by atoms with Crippen molar-refractivity contribution in [2.75, 3.05) is 52.6 Å². The summed E-state index contributed by atoms with van der Waals surface area (Å²) >= 11 is 1.66. The quantitative estimate of drug-likeness (QED) is 0.791. The number of hydrogen-bond acceptors (Lipinski definition) is 5. The van der Waals surface area contributed by atoms with E-state index in [4.69, 9.17) is 9.47 Å². The molecule has 0 aromatic carbocycles. The van der Waals surface area contributed by atoms with E-state index < -0.39 is 0 Å². The SMILES string of the molecule is O=C(Cc1cccs1)N(CCN1CCOCC1)C1CCOCC1. The summed E-state index contributed by atoms with van der Waals surface area (Å²) in [6.45, 7) is 6.85. The smallest absolute Gasteiger partial charge is 0.228 e. The van der Waals surface area contributed by atoms with E-state index >= 15 is 0 Å². The number of rotatable bonds is 6. The Hall–Kier alpha value is -0.950. The molecule has 0 unspecified atom stereocenters. The third kappa shape index (κ3) is 5.01. The van der Waals surface area contributed by atoms with Gasteiger partial charge in [-0.15, -0.1) is 11.3 Å². The summed E-state index contributed by atoms with van der Waals surface area (Å²) in [7, 11) is 0. The van der Waals surface area contributed by atoms with Crippen LogP contribution in [0.5, 0.6) is 0 Å². The summed E-state index contributed by atoms with van der Waals surface area (Å²) in [4.78, 5) is 18.5. The molecule has 2 fully saturated rings. The average Bonchev–Trinajstić information content (AvgIpc) is 3.10. The standard InChI is InChI=1S/C17H26N2O3S/c20-17(14-16-2-1-13-23-16)19(15-3-9-21-10-4-15)6-5-18-7-11-22-12-8-18/h1-2,13,15H,3-12,14H2. The molecule has 2 aliphatic heterocycles. The van der Waals surface area contributed by atoms with Gasteiger partial charge in [0.1, 0.15) is 0 Å². The predicted octanol–water partition coefficient (Wildman–Crippen LogP) is 1.63. The zero-order chi connectivity index (χ0) is 15.9. The number of ether oxygens (including phenoxy) is 2. The highest BCUT2D eigenvalue weighted by atomic mass is 32.1. The predicted molar refractivity (Wildman–Crippen MR) is 90.8 cm³/mol. The number of thiophene rings is 1. The van der Waals surface area contributed by atoms with Gasteiger partial charge >= 0.3 is 0 Å². The molecule has 128 valence electrons. The molecule has 0 aliphatic carbocycles. The van der Waals surface area contributed by atoms with Crippen LogP contribution >= 0.6 is 11.3 Å². The van der Waals surface area contributed by atoms with E-state index in [2.05, 4.69) is 9.80 Å². The van der Waals surface area contributed by atoms with E-state index in [0.717, 1.165) is 70.3 Å². The van der Waals surface area contributed by atoms with Crippen LogP contribution in [0.25, 0.3) is 0 Å². The average molecular weight is 338 g/mol. The molecular formula is C17H26N2O3S. The fraction of sp³-hybridized carbons (Fsp3) is 0.706. The van der Waals surface area contributed by atoms with Crippen molar-refractivity contribution in [3.63, 3.8) is 0 Å². The van der Waals surface area contributed by atoms with Gasteiger partial charge in [0.15, 0.2) is 0 Å². The van der Waals surface area contributed by atoms with Crippen LogP contribution in [0, 0.1) is 0 Å². The van der Waals surface area contributed by atoms with E-state index in [0.29, 0.717) is 12.5 Å². The molecule has 2 aliphatic rings. The molecule has 6 heteroatoms. The maximum Gasteiger partial charge on any atom is 0.228 e. The number of carbonyl (C=O) groups excluding carboxylic acids is 1. The first-order valence-corrected chi connectivity index (χ1v) is 9.40. The number of hydrogen-bond donors (Lipinski definition) is 0. The lowest BCUT2D eigenvalue weighted by Crippen LogP contribution is -2.48. The first-order valence-electron chi connectivity index (χ1n) is 8.52. The zero-order valence-corrected chi connectivity index (χ0v) is 14.4. The molecular weight excluding hydrogens is 312 g/mol. The molecule has 3 heterocycles. The van der Waals surface area contributed by atoms with E-state index in [9.17, 15) is 4.79 Å². The molecule has 0 N–H and O–H groups in total. The minimum atomic E-state index is 0.257. The molecule has 2 saturated heterocycles. The van der Waals surface area contributed by atoms with Gasteiger partial charge in [-0.05, 0) is 24.3 Å². The van der Waals surface area contributed by atoms with E-state index in [-0.39, 0.29) is 5.91 Å². The Morgan fingerprint density at radius 3 is 2.65 bits per heavy atom. The van der Waals surface area contributed by atoms with Crippen molar-refractivity contribution in [3.05, 3.63) is 22.4 Å². The molecule has 0 radical (unpaired) electrons. The van der Waals surface area contributed by atoms with E-state index in [1.165, 1.54) is 0 Å². The van der Waals surface area contributed by atoms with Gasteiger partial charge in [-0.2, -0.15) is 0 Å². The summed E-state index contributed by atoms with van der Waals surface area (Å²) in [5.74, 6) is 0.257. The van der Waals surface area contributed by atoms with Gasteiger partial charge in [-0.3, -0.25) is 9.69 Å². The number of amides is 1. The van der Waals surface area contributed by atoms with Gasteiger partial charge < -0.3 is 14.4 Å². The Balaban J connectivity index is 1.58. The Morgan fingerprint density at radius 1 is 1.22 bits per heavy atom. The van der Waals surface area contributed by atoms with Crippen LogP contribution < -0.4 is 0 Å². The summed E-state index contributed by atoms with van der Waals surface area (Å²) in [6, 6.07) is 4.39. The second-order valence-electron chi connectivity index (χ2n) is 6.14. The third-order valence-electron chi connectivity index (χ3n) is 4.62. The molecule has 0 spiro atoms. The van der Waals surface area contributed by atoms with Crippen LogP contribution in [0.1, 0.15) is 17.7 Å². The Kier molecular flexibility index (Phi) is 6.45. The highest BCUT2D eigenvalue weighted by Gasteiger charge is 2.26. The fourth-order valence-corrected chi connectivity index (χ4v) is 3.94. The van der Waals surface area contributed by atoms with Gasteiger partial charge in [-0.1, -0.05) is 6.07 Å². The highest BCUT2D eigenvalue weighted by Crippen LogP contribution is 2.18. The van der Waals surface area contributed by atoms with Gasteiger partial charge in [0.2, 0.25) is 5.91 Å². The Labute approximate surface area is 142 Å². The molecule has 1 amide bonds. The van der Waals surface area contributed by atoms with E-state index in [1.54, 1.807) is 11.3 Å². The fourth-order valence-electron chi connectivity index (χ4n) is 3.25. The van der Waals surface area contributed by atoms with Crippen molar-refractivity contribution < 1.29 is 14.3 Å². The largest absolute Gasteiger partial charge is 0.381 e. The van der Waals surface area contributed by atoms with Gasteiger partial charge in [0.05, 0.1) is 19.6 Å². The van der Waals surface area contributed by atoms with Crippen LogP contribution in [0.3, 0.4) is 0 Å². The second-order valence-corrected chi connectivity index (χ2v) is 7.17. The van der Waals surface area contributed by atoms with Crippen molar-refractivity contribution in [3.8, 4) is 0 Å². The number of carbonyl (C=O) groups is 1. The summed E-state index contributed by atoms with van der Waals surface area (Å²) in [5, 5.41) is 2.04. The molecule has 0 saturated carbocycles. The summed E-state index contributed by atoms with van der Waals surface area (Å²) in [6.07, 6.45) is 2.44. The minimum absolute atomic E-state index is 0.257. The lowest BCUT2D eigenvalue weighted by molar-refractivity contribution is -0.135. The van der Waals surface area contributed by atoms with Gasteiger partial charge in [-0.25, -0.2) is 0 Å². The second kappa shape index (κ2) is 8.78. The van der Waals surface area contributed by atoms with Crippen LogP contribution in [-0.4, -0.2) is 74.4 Å². The first-order chi connectivity index (χ1) is 11.3. The molecule has 3 rings (SSSR count). The van der Waals surface area contributed by atoms with Crippen molar-refractivity contribution in [2.45, 2.75) is 25.3 Å². The normalized spacial score (nSPS) is 20.5. The first kappa shape index (κ1) is 16.9. The maximum absolute atomic E-state index is 12.8. The van der Waals surface area contributed by atoms with Crippen LogP contribution in [0.15, 0.2) is 17.5 Å². The highest BCUT2D eigenvalue weighted by molar-refractivity contribution is 7.10. The van der Waals surface area contributed by atoms with E-state index in [1.807, 2.05) is 17.5 Å². The molecule has 0 atom stereocenters. The number of morpholine rings is 1. The molecule has 23 heavy (non-hydrogen) atoms. The Bertz CT molecular complexity index is 468. The lowest BCUT2D eigenvalue weighted by Gasteiger charge is -2.36. The molecule has 1 aromatic heterocycles. The monoisotopic (exact) mass is 338 g/mol. The molecule has 0 bridgehead atoms. The van der Waals surface area contributed by atoms with Crippen molar-refractivity contribution in [1.29, 1.82) is 0 Å². The number of nitrogens with zero attached hydrogens (tertiary/aromatic N) is 2. The van der Waals surface area contributed by atoms with Gasteiger partial charge in [0.25, 0.3) is 0 Å². The van der Waals surface area contributed by atoms with Gasteiger partial charge in [0, 0.05) is 50.3 Å². The lowest BCUT2D eigenvalue weighted by atomic mass is 10.1. The molecule has 5 nitrogen and oxygen atoms in total. The topological polar surface area (TPSA) is 42.0 Å². The van der Waals surface area contributed by atoms with Crippen LogP contribution in [-0.2, 0) is 20.7 Å². The maximum atomic E-state index is 12.8. The zero-order valence-electron chi connectivity index (χ0n) is 13.6. The van der Waals surface area contributed by atoms with Crippen LogP contribution in [0.4, 0.5) is 0 Å². The summed E-state index contributed by atoms with van der Waals surface area (Å²) in [5.41, 5.74) is 0. The Morgan fingerprint density at radius 2 is 1.96 bits per heavy atom. The summed E-state index contributed by atoms with van der Waals surface area (Å²) < 4.78 is 10.9. The van der Waals surface area contributed by atoms with Crippen molar-refractivity contribution >= 4 is 17.2 Å². The van der Waals surface area contributed by atoms with Crippen LogP contribution in [0.2, 0.25) is 0 Å². The minimum Gasteiger partial charge on any atom is -0.381 e. The van der Waals surface area contributed by atoms with Crippen molar-refractivity contribution in [2.24, 2.45) is 0 Å². The van der Waals surface area contributed by atoms with Crippen molar-refractivity contribution in [1.82, 2.24) is 9.80 Å².